The van der Waals surface area contributed by atoms with E-state index in [1.807, 2.05) is 36.2 Å². The zero-order valence-corrected chi connectivity index (χ0v) is 12.9. The third-order valence-corrected chi connectivity index (χ3v) is 3.33. The van der Waals surface area contributed by atoms with Crippen LogP contribution in [0, 0.1) is 0 Å². The third-order valence-electron chi connectivity index (χ3n) is 2.80. The molecule has 0 aromatic heterocycles. The van der Waals surface area contributed by atoms with Crippen molar-refractivity contribution in [3.63, 3.8) is 0 Å². The number of benzene rings is 1. The first-order valence-corrected chi connectivity index (χ1v) is 7.00. The van der Waals surface area contributed by atoms with Gasteiger partial charge in [0.25, 0.3) is 0 Å². The molecule has 0 aliphatic rings. The van der Waals surface area contributed by atoms with Gasteiger partial charge in [0.1, 0.15) is 0 Å². The number of halogens is 1. The highest BCUT2D eigenvalue weighted by atomic mass is 79.9. The number of carbonyl (C=O) groups is 2. The van der Waals surface area contributed by atoms with Crippen LogP contribution in [0.1, 0.15) is 23.2 Å². The van der Waals surface area contributed by atoms with Gasteiger partial charge in [0.05, 0.1) is 6.54 Å². The quantitative estimate of drug-likeness (QED) is 0.780. The van der Waals surface area contributed by atoms with Crippen molar-refractivity contribution >= 4 is 27.6 Å². The number of likely N-dealkylation sites (N-methyl/N-ethyl adjacent to an activating group) is 2. The highest BCUT2D eigenvalue weighted by Gasteiger charge is 2.08. The van der Waals surface area contributed by atoms with Crippen LogP contribution in [0.3, 0.4) is 0 Å². The molecule has 0 saturated carbocycles. The zero-order chi connectivity index (χ0) is 14.3. The normalized spacial score (nSPS) is 10.5. The second kappa shape index (κ2) is 8.07. The monoisotopic (exact) mass is 326 g/mol. The molecule has 0 aliphatic carbocycles. The Morgan fingerprint density at radius 2 is 1.89 bits per heavy atom. The van der Waals surface area contributed by atoms with Crippen LogP contribution in [0.2, 0.25) is 0 Å². The third kappa shape index (κ3) is 5.98. The molecule has 0 atom stereocenters. The standard InChI is InChI=1S/C14H19BrN2O2/c1-16-14(19)10-17(2)9-3-4-13(18)11-5-7-12(15)8-6-11/h5-8H,3-4,9-10H2,1-2H3,(H,16,19). The van der Waals surface area contributed by atoms with Crippen LogP contribution in [-0.4, -0.2) is 43.8 Å². The van der Waals surface area contributed by atoms with E-state index in [0.29, 0.717) is 13.0 Å². The summed E-state index contributed by atoms with van der Waals surface area (Å²) in [5.74, 6) is 0.127. The van der Waals surface area contributed by atoms with E-state index in [1.54, 1.807) is 7.05 Å². The lowest BCUT2D eigenvalue weighted by Gasteiger charge is -2.14. The summed E-state index contributed by atoms with van der Waals surface area (Å²) in [6.07, 6.45) is 1.25. The van der Waals surface area contributed by atoms with E-state index in [0.717, 1.165) is 23.0 Å². The lowest BCUT2D eigenvalue weighted by atomic mass is 10.1. The van der Waals surface area contributed by atoms with Gasteiger partial charge in [-0.25, -0.2) is 0 Å². The summed E-state index contributed by atoms with van der Waals surface area (Å²) in [7, 11) is 3.49. The Balaban J connectivity index is 2.31. The second-order valence-electron chi connectivity index (χ2n) is 4.44. The van der Waals surface area contributed by atoms with E-state index in [2.05, 4.69) is 21.2 Å². The van der Waals surface area contributed by atoms with Crippen LogP contribution in [0.4, 0.5) is 0 Å². The first-order valence-electron chi connectivity index (χ1n) is 6.21. The average molecular weight is 327 g/mol. The van der Waals surface area contributed by atoms with Gasteiger partial charge in [-0.15, -0.1) is 0 Å². The molecule has 5 heteroatoms. The summed E-state index contributed by atoms with van der Waals surface area (Å²) in [4.78, 5) is 25.0. The SMILES string of the molecule is CNC(=O)CN(C)CCCC(=O)c1ccc(Br)cc1. The second-order valence-corrected chi connectivity index (χ2v) is 5.36. The molecule has 0 bridgehead atoms. The minimum absolute atomic E-state index is 0.0123. The molecule has 0 unspecified atom stereocenters. The van der Waals surface area contributed by atoms with Crippen molar-refractivity contribution in [3.05, 3.63) is 34.3 Å². The van der Waals surface area contributed by atoms with Gasteiger partial charge < -0.3 is 5.32 Å². The van der Waals surface area contributed by atoms with Gasteiger partial charge >= 0.3 is 0 Å². The van der Waals surface area contributed by atoms with Crippen molar-refractivity contribution in [2.45, 2.75) is 12.8 Å². The fourth-order valence-electron chi connectivity index (χ4n) is 1.69. The minimum atomic E-state index is -0.0123. The maximum atomic E-state index is 11.9. The number of hydrogen-bond donors (Lipinski definition) is 1. The molecule has 1 aromatic rings. The topological polar surface area (TPSA) is 49.4 Å². The number of nitrogens with one attached hydrogen (secondary N) is 1. The Hall–Kier alpha value is -1.20. The van der Waals surface area contributed by atoms with Crippen molar-refractivity contribution in [1.29, 1.82) is 0 Å². The van der Waals surface area contributed by atoms with Crippen LogP contribution in [-0.2, 0) is 4.79 Å². The number of amides is 1. The Kier molecular flexibility index (Phi) is 6.73. The predicted molar refractivity (Wildman–Crippen MR) is 79.3 cm³/mol. The first kappa shape index (κ1) is 15.9. The van der Waals surface area contributed by atoms with Crippen LogP contribution in [0.5, 0.6) is 0 Å². The van der Waals surface area contributed by atoms with E-state index < -0.39 is 0 Å². The fraction of sp³-hybridized carbons (Fsp3) is 0.429. The lowest BCUT2D eigenvalue weighted by Crippen LogP contribution is -2.33. The molecular formula is C14H19BrN2O2. The first-order chi connectivity index (χ1) is 9.02. The number of hydrogen-bond acceptors (Lipinski definition) is 3. The van der Waals surface area contributed by atoms with Crippen LogP contribution < -0.4 is 5.32 Å². The van der Waals surface area contributed by atoms with Gasteiger partial charge in [0.2, 0.25) is 5.91 Å². The van der Waals surface area contributed by atoms with Gasteiger partial charge in [-0.2, -0.15) is 0 Å². The van der Waals surface area contributed by atoms with Crippen molar-refractivity contribution < 1.29 is 9.59 Å². The van der Waals surface area contributed by atoms with Gasteiger partial charge in [-0.1, -0.05) is 28.1 Å². The molecule has 4 nitrogen and oxygen atoms in total. The summed E-state index contributed by atoms with van der Waals surface area (Å²) in [5, 5.41) is 2.57. The number of carbonyl (C=O) groups excluding carboxylic acids is 2. The van der Waals surface area contributed by atoms with Crippen molar-refractivity contribution in [2.75, 3.05) is 27.2 Å². The molecule has 0 radical (unpaired) electrons. The van der Waals surface area contributed by atoms with E-state index in [9.17, 15) is 9.59 Å². The summed E-state index contributed by atoms with van der Waals surface area (Å²) < 4.78 is 0.967. The molecule has 0 saturated heterocycles. The Labute approximate surface area is 122 Å². The van der Waals surface area contributed by atoms with Crippen LogP contribution in [0.15, 0.2) is 28.7 Å². The lowest BCUT2D eigenvalue weighted by molar-refractivity contribution is -0.121. The maximum Gasteiger partial charge on any atom is 0.233 e. The molecule has 19 heavy (non-hydrogen) atoms. The van der Waals surface area contributed by atoms with E-state index >= 15 is 0 Å². The van der Waals surface area contributed by atoms with E-state index in [-0.39, 0.29) is 11.7 Å². The largest absolute Gasteiger partial charge is 0.358 e. The molecule has 1 N–H and O–H groups in total. The fourth-order valence-corrected chi connectivity index (χ4v) is 1.96. The van der Waals surface area contributed by atoms with Gasteiger partial charge in [-0.3, -0.25) is 14.5 Å². The average Bonchev–Trinajstić information content (AvgIpc) is 2.39. The van der Waals surface area contributed by atoms with Crippen LogP contribution >= 0.6 is 15.9 Å². The molecule has 104 valence electrons. The van der Waals surface area contributed by atoms with Crippen molar-refractivity contribution in [3.8, 4) is 0 Å². The number of rotatable bonds is 7. The summed E-state index contributed by atoms with van der Waals surface area (Å²) in [6.45, 7) is 1.10. The Morgan fingerprint density at radius 3 is 2.47 bits per heavy atom. The summed E-state index contributed by atoms with van der Waals surface area (Å²) in [5.41, 5.74) is 0.733. The minimum Gasteiger partial charge on any atom is -0.358 e. The number of nitrogens with zero attached hydrogens (tertiary/aromatic N) is 1. The molecule has 0 spiro atoms. The molecule has 1 amide bonds. The molecule has 0 aliphatic heterocycles. The maximum absolute atomic E-state index is 11.9. The molecular weight excluding hydrogens is 308 g/mol. The van der Waals surface area contributed by atoms with E-state index in [1.165, 1.54) is 0 Å². The summed E-state index contributed by atoms with van der Waals surface area (Å²) in [6, 6.07) is 7.37. The van der Waals surface area contributed by atoms with Gasteiger partial charge in [0.15, 0.2) is 5.78 Å². The highest BCUT2D eigenvalue weighted by molar-refractivity contribution is 9.10. The molecule has 0 fully saturated rings. The number of ketones is 1. The smallest absolute Gasteiger partial charge is 0.233 e. The number of Topliss-reactive ketones (excluding diaryl/α,β-unsaturated/α-hetero) is 1. The Bertz CT molecular complexity index is 432. The van der Waals surface area contributed by atoms with Gasteiger partial charge in [0, 0.05) is 23.5 Å². The van der Waals surface area contributed by atoms with Gasteiger partial charge in [-0.05, 0) is 32.1 Å². The van der Waals surface area contributed by atoms with Crippen molar-refractivity contribution in [2.24, 2.45) is 0 Å². The molecule has 0 heterocycles. The summed E-state index contributed by atoms with van der Waals surface area (Å²) >= 11 is 3.34. The predicted octanol–water partition coefficient (Wildman–Crippen LogP) is 2.09. The van der Waals surface area contributed by atoms with Crippen molar-refractivity contribution in [1.82, 2.24) is 10.2 Å². The van der Waals surface area contributed by atoms with E-state index in [4.69, 9.17) is 0 Å². The Morgan fingerprint density at radius 1 is 1.26 bits per heavy atom. The zero-order valence-electron chi connectivity index (χ0n) is 11.3. The molecule has 1 rings (SSSR count). The van der Waals surface area contributed by atoms with Crippen LogP contribution in [0.25, 0.3) is 0 Å². The molecule has 1 aromatic carbocycles. The highest BCUT2D eigenvalue weighted by Crippen LogP contribution is 2.12.